The molecule has 1 atom stereocenters. The number of urea groups is 1. The Balaban J connectivity index is 2.64. The number of rotatable bonds is 8. The number of carbonyl (C=O) groups excluding carboxylic acids is 1. The molecule has 1 rings (SSSR count). The van der Waals surface area contributed by atoms with E-state index in [0.29, 0.717) is 18.8 Å². The van der Waals surface area contributed by atoms with E-state index in [-0.39, 0.29) is 12.5 Å². The van der Waals surface area contributed by atoms with E-state index in [0.717, 1.165) is 12.8 Å². The van der Waals surface area contributed by atoms with Crippen LogP contribution in [-0.4, -0.2) is 51.1 Å². The van der Waals surface area contributed by atoms with E-state index in [2.05, 4.69) is 15.3 Å². The van der Waals surface area contributed by atoms with Crippen LogP contribution in [0, 0.1) is 0 Å². The Kier molecular flexibility index (Phi) is 6.55. The van der Waals surface area contributed by atoms with Crippen molar-refractivity contribution >= 4 is 12.0 Å². The van der Waals surface area contributed by atoms with Gasteiger partial charge in [-0.1, -0.05) is 13.8 Å². The van der Waals surface area contributed by atoms with Crippen molar-refractivity contribution in [3.8, 4) is 0 Å². The number of carboxylic acid groups (broad SMARTS) is 1. The third kappa shape index (κ3) is 4.91. The fourth-order valence-corrected chi connectivity index (χ4v) is 1.91. The highest BCUT2D eigenvalue weighted by Crippen LogP contribution is 2.02. The van der Waals surface area contributed by atoms with Crippen LogP contribution in [0.3, 0.4) is 0 Å². The molecule has 7 nitrogen and oxygen atoms in total. The maximum absolute atomic E-state index is 12.1. The molecule has 0 aromatic carbocycles. The minimum absolute atomic E-state index is 0.188. The van der Waals surface area contributed by atoms with Crippen LogP contribution in [0.15, 0.2) is 12.5 Å². The Hall–Kier alpha value is -2.05. The van der Waals surface area contributed by atoms with Crippen LogP contribution in [-0.2, 0) is 11.2 Å². The molecule has 0 spiro atoms. The molecule has 0 saturated carbocycles. The molecule has 0 bridgehead atoms. The van der Waals surface area contributed by atoms with Crippen LogP contribution in [0.5, 0.6) is 0 Å². The average Bonchev–Trinajstić information content (AvgIpc) is 2.90. The second-order valence-electron chi connectivity index (χ2n) is 4.61. The Morgan fingerprint density at radius 1 is 1.40 bits per heavy atom. The van der Waals surface area contributed by atoms with Crippen molar-refractivity contribution in [1.82, 2.24) is 20.2 Å². The minimum atomic E-state index is -1.05. The minimum Gasteiger partial charge on any atom is -0.480 e. The number of aromatic nitrogens is 2. The molecular weight excluding hydrogens is 260 g/mol. The first-order valence-corrected chi connectivity index (χ1v) is 6.84. The second kappa shape index (κ2) is 8.19. The van der Waals surface area contributed by atoms with Crippen molar-refractivity contribution in [3.63, 3.8) is 0 Å². The molecule has 0 aliphatic carbocycles. The van der Waals surface area contributed by atoms with E-state index >= 15 is 0 Å². The van der Waals surface area contributed by atoms with E-state index in [1.165, 1.54) is 6.33 Å². The van der Waals surface area contributed by atoms with Crippen LogP contribution < -0.4 is 5.32 Å². The van der Waals surface area contributed by atoms with Gasteiger partial charge in [0.25, 0.3) is 0 Å². The summed E-state index contributed by atoms with van der Waals surface area (Å²) in [5, 5.41) is 11.8. The number of nitrogens with zero attached hydrogens (tertiary/aromatic N) is 2. The summed E-state index contributed by atoms with van der Waals surface area (Å²) in [6.45, 7) is 5.20. The largest absolute Gasteiger partial charge is 0.480 e. The highest BCUT2D eigenvalue weighted by molar-refractivity contribution is 5.82. The maximum atomic E-state index is 12.1. The van der Waals surface area contributed by atoms with Crippen LogP contribution >= 0.6 is 0 Å². The first-order valence-electron chi connectivity index (χ1n) is 6.84. The lowest BCUT2D eigenvalue weighted by Gasteiger charge is -2.24. The molecule has 0 saturated heterocycles. The van der Waals surface area contributed by atoms with E-state index in [1.54, 1.807) is 11.1 Å². The maximum Gasteiger partial charge on any atom is 0.326 e. The molecule has 0 radical (unpaired) electrons. The molecule has 1 aromatic heterocycles. The van der Waals surface area contributed by atoms with Crippen molar-refractivity contribution in [2.45, 2.75) is 39.2 Å². The Labute approximate surface area is 118 Å². The lowest BCUT2D eigenvalue weighted by molar-refractivity contribution is -0.139. The molecule has 20 heavy (non-hydrogen) atoms. The number of amides is 2. The highest BCUT2D eigenvalue weighted by Gasteiger charge is 2.23. The zero-order chi connectivity index (χ0) is 15.0. The fraction of sp³-hybridized carbons (Fsp3) is 0.615. The van der Waals surface area contributed by atoms with E-state index < -0.39 is 12.0 Å². The lowest BCUT2D eigenvalue weighted by Crippen LogP contribution is -2.49. The van der Waals surface area contributed by atoms with Gasteiger partial charge in [0.05, 0.1) is 6.33 Å². The van der Waals surface area contributed by atoms with Gasteiger partial charge in [-0.15, -0.1) is 0 Å². The molecule has 1 heterocycles. The zero-order valence-electron chi connectivity index (χ0n) is 11.9. The van der Waals surface area contributed by atoms with Crippen LogP contribution in [0.4, 0.5) is 4.79 Å². The summed E-state index contributed by atoms with van der Waals surface area (Å²) in [4.78, 5) is 31.6. The Bertz CT molecular complexity index is 413. The van der Waals surface area contributed by atoms with Gasteiger partial charge in [0.15, 0.2) is 0 Å². The van der Waals surface area contributed by atoms with Crippen molar-refractivity contribution < 1.29 is 14.7 Å². The number of carboxylic acids is 1. The lowest BCUT2D eigenvalue weighted by atomic mass is 10.1. The summed E-state index contributed by atoms with van der Waals surface area (Å²) >= 11 is 0. The molecule has 0 fully saturated rings. The summed E-state index contributed by atoms with van der Waals surface area (Å²) in [5.74, 6) is -1.05. The molecule has 2 amide bonds. The zero-order valence-corrected chi connectivity index (χ0v) is 11.9. The number of nitrogens with one attached hydrogen (secondary N) is 2. The van der Waals surface area contributed by atoms with Gasteiger partial charge in [-0.3, -0.25) is 0 Å². The number of hydrogen-bond donors (Lipinski definition) is 3. The summed E-state index contributed by atoms with van der Waals surface area (Å²) in [5.41, 5.74) is 0.676. The van der Waals surface area contributed by atoms with Gasteiger partial charge >= 0.3 is 12.0 Å². The first kappa shape index (κ1) is 16.0. The molecule has 1 aromatic rings. The first-order chi connectivity index (χ1) is 9.58. The topological polar surface area (TPSA) is 98.3 Å². The van der Waals surface area contributed by atoms with Gasteiger partial charge in [-0.25, -0.2) is 14.6 Å². The van der Waals surface area contributed by atoms with E-state index in [4.69, 9.17) is 0 Å². The van der Waals surface area contributed by atoms with Gasteiger partial charge in [0.1, 0.15) is 6.04 Å². The molecule has 7 heteroatoms. The van der Waals surface area contributed by atoms with Crippen molar-refractivity contribution in [1.29, 1.82) is 0 Å². The van der Waals surface area contributed by atoms with Crippen molar-refractivity contribution in [2.75, 3.05) is 13.1 Å². The van der Waals surface area contributed by atoms with Gasteiger partial charge in [0, 0.05) is 31.4 Å². The molecule has 0 unspecified atom stereocenters. The predicted octanol–water partition coefficient (Wildman–Crippen LogP) is 1.24. The smallest absolute Gasteiger partial charge is 0.326 e. The van der Waals surface area contributed by atoms with Crippen molar-refractivity contribution in [3.05, 3.63) is 18.2 Å². The quantitative estimate of drug-likeness (QED) is 0.668. The molecule has 0 aliphatic rings. The summed E-state index contributed by atoms with van der Waals surface area (Å²) in [7, 11) is 0. The number of imidazole rings is 1. The molecule has 3 N–H and O–H groups in total. The van der Waals surface area contributed by atoms with E-state index in [9.17, 15) is 14.7 Å². The van der Waals surface area contributed by atoms with Gasteiger partial charge < -0.3 is 20.3 Å². The number of H-pyrrole nitrogens is 1. The number of hydrogen-bond acceptors (Lipinski definition) is 3. The summed E-state index contributed by atoms with van der Waals surface area (Å²) in [6, 6.07) is -1.29. The predicted molar refractivity (Wildman–Crippen MR) is 74.4 cm³/mol. The Morgan fingerprint density at radius 2 is 2.05 bits per heavy atom. The van der Waals surface area contributed by atoms with Crippen molar-refractivity contribution in [2.24, 2.45) is 0 Å². The summed E-state index contributed by atoms with van der Waals surface area (Å²) < 4.78 is 0. The third-order valence-electron chi connectivity index (χ3n) is 2.85. The Morgan fingerprint density at radius 3 is 2.50 bits per heavy atom. The second-order valence-corrected chi connectivity index (χ2v) is 4.61. The average molecular weight is 282 g/mol. The standard InChI is InChI=1S/C13H22N4O3/c1-3-5-17(6-4-2)13(20)16-11(12(18)19)7-10-8-14-9-15-10/h8-9,11H,3-7H2,1-2H3,(H,14,15)(H,16,20)(H,18,19)/t11-/m0/s1. The molecule has 0 aliphatic heterocycles. The molecular formula is C13H22N4O3. The van der Waals surface area contributed by atoms with Crippen LogP contribution in [0.25, 0.3) is 0 Å². The van der Waals surface area contributed by atoms with Gasteiger partial charge in [0.2, 0.25) is 0 Å². The molecule has 112 valence electrons. The van der Waals surface area contributed by atoms with Gasteiger partial charge in [-0.2, -0.15) is 0 Å². The fourth-order valence-electron chi connectivity index (χ4n) is 1.91. The highest BCUT2D eigenvalue weighted by atomic mass is 16.4. The SMILES string of the molecule is CCCN(CCC)C(=O)N[C@@H](Cc1cnc[nH]1)C(=O)O. The summed E-state index contributed by atoms with van der Waals surface area (Å²) in [6.07, 6.45) is 4.90. The van der Waals surface area contributed by atoms with Crippen LogP contribution in [0.2, 0.25) is 0 Å². The number of aliphatic carboxylic acids is 1. The van der Waals surface area contributed by atoms with E-state index in [1.807, 2.05) is 13.8 Å². The van der Waals surface area contributed by atoms with Crippen LogP contribution in [0.1, 0.15) is 32.4 Å². The monoisotopic (exact) mass is 282 g/mol. The normalized spacial score (nSPS) is 11.9. The number of aromatic amines is 1. The third-order valence-corrected chi connectivity index (χ3v) is 2.85. The van der Waals surface area contributed by atoms with Gasteiger partial charge in [-0.05, 0) is 12.8 Å². The number of carbonyl (C=O) groups is 2.